The van der Waals surface area contributed by atoms with Crippen LogP contribution in [0.1, 0.15) is 6.42 Å². The summed E-state index contributed by atoms with van der Waals surface area (Å²) in [7, 11) is 3.16. The first-order chi connectivity index (χ1) is 6.13. The largest absolute Gasteiger partial charge is 0.501 e. The molecule has 0 rings (SSSR count). The highest BCUT2D eigenvalue weighted by atomic mass is 16.5. The number of amidine groups is 1. The zero-order chi connectivity index (χ0) is 10.3. The predicted octanol–water partition coefficient (Wildman–Crippen LogP) is 1.11. The van der Waals surface area contributed by atoms with Crippen LogP contribution in [0.2, 0.25) is 0 Å². The Morgan fingerprint density at radius 1 is 1.62 bits per heavy atom. The quantitative estimate of drug-likeness (QED) is 0.392. The molecular formula is C9H15N3O. The van der Waals surface area contributed by atoms with Crippen molar-refractivity contribution < 1.29 is 4.74 Å². The number of hydrogen-bond acceptors (Lipinski definition) is 3. The van der Waals surface area contributed by atoms with Crippen molar-refractivity contribution in [2.45, 2.75) is 6.42 Å². The van der Waals surface area contributed by atoms with Gasteiger partial charge in [0.15, 0.2) is 0 Å². The third kappa shape index (κ3) is 4.79. The van der Waals surface area contributed by atoms with E-state index in [1.807, 2.05) is 0 Å². The lowest BCUT2D eigenvalue weighted by atomic mass is 10.2. The molecule has 13 heavy (non-hydrogen) atoms. The van der Waals surface area contributed by atoms with Gasteiger partial charge in [-0.2, -0.15) is 0 Å². The molecule has 0 aliphatic heterocycles. The fraction of sp³-hybridized carbons (Fsp3) is 0.333. The van der Waals surface area contributed by atoms with Gasteiger partial charge in [-0.25, -0.2) is 0 Å². The van der Waals surface area contributed by atoms with Crippen LogP contribution in [-0.2, 0) is 4.74 Å². The molecule has 4 heteroatoms. The van der Waals surface area contributed by atoms with Gasteiger partial charge in [0.25, 0.3) is 0 Å². The van der Waals surface area contributed by atoms with Gasteiger partial charge in [0, 0.05) is 19.5 Å². The van der Waals surface area contributed by atoms with Crippen molar-refractivity contribution in [2.75, 3.05) is 14.2 Å². The van der Waals surface area contributed by atoms with Crippen molar-refractivity contribution in [1.29, 1.82) is 0 Å². The predicted molar refractivity (Wildman–Crippen MR) is 55.9 cm³/mol. The van der Waals surface area contributed by atoms with Gasteiger partial charge in [-0.15, -0.1) is 0 Å². The van der Waals surface area contributed by atoms with Crippen molar-refractivity contribution in [3.63, 3.8) is 0 Å². The smallest absolute Gasteiger partial charge is 0.119 e. The second kappa shape index (κ2) is 5.99. The molecule has 0 saturated heterocycles. The maximum atomic E-state index is 5.48. The van der Waals surface area contributed by atoms with Crippen LogP contribution in [0.15, 0.2) is 34.1 Å². The molecule has 0 radical (unpaired) electrons. The summed E-state index contributed by atoms with van der Waals surface area (Å²) >= 11 is 0. The molecule has 0 aliphatic carbocycles. The Bertz CT molecular complexity index is 254. The molecule has 0 aromatic carbocycles. The molecule has 0 spiro atoms. The SMILES string of the molecule is C=N/C(=C\C(N)=NC)CC(=C)OC. The first-order valence-electron chi connectivity index (χ1n) is 3.75. The van der Waals surface area contributed by atoms with E-state index < -0.39 is 0 Å². The third-order valence-electron chi connectivity index (χ3n) is 1.44. The summed E-state index contributed by atoms with van der Waals surface area (Å²) in [5.74, 6) is 1.02. The monoisotopic (exact) mass is 181 g/mol. The summed E-state index contributed by atoms with van der Waals surface area (Å²) in [6.07, 6.45) is 2.13. The van der Waals surface area contributed by atoms with Crippen LogP contribution in [0.25, 0.3) is 0 Å². The van der Waals surface area contributed by atoms with Crippen LogP contribution in [0.5, 0.6) is 0 Å². The first-order valence-corrected chi connectivity index (χ1v) is 3.75. The lowest BCUT2D eigenvalue weighted by Gasteiger charge is -2.03. The zero-order valence-corrected chi connectivity index (χ0v) is 8.08. The molecule has 0 heterocycles. The van der Waals surface area contributed by atoms with Gasteiger partial charge in [0.2, 0.25) is 0 Å². The van der Waals surface area contributed by atoms with Gasteiger partial charge in [-0.1, -0.05) is 6.58 Å². The van der Waals surface area contributed by atoms with E-state index in [1.165, 1.54) is 0 Å². The van der Waals surface area contributed by atoms with Gasteiger partial charge in [-0.3, -0.25) is 9.98 Å². The molecule has 0 aromatic heterocycles. The Hall–Kier alpha value is -1.58. The van der Waals surface area contributed by atoms with Crippen molar-refractivity contribution >= 4 is 12.6 Å². The summed E-state index contributed by atoms with van der Waals surface area (Å²) in [6, 6.07) is 0. The molecule has 72 valence electrons. The van der Waals surface area contributed by atoms with Crippen LogP contribution in [0.3, 0.4) is 0 Å². The van der Waals surface area contributed by atoms with E-state index in [2.05, 4.69) is 23.3 Å². The van der Waals surface area contributed by atoms with Crippen LogP contribution < -0.4 is 5.73 Å². The van der Waals surface area contributed by atoms with Crippen LogP contribution in [0, 0.1) is 0 Å². The van der Waals surface area contributed by atoms with Crippen molar-refractivity contribution in [1.82, 2.24) is 0 Å². The number of rotatable bonds is 5. The fourth-order valence-corrected chi connectivity index (χ4v) is 0.662. The van der Waals surface area contributed by atoms with Crippen LogP contribution in [0.4, 0.5) is 0 Å². The van der Waals surface area contributed by atoms with Crippen LogP contribution >= 0.6 is 0 Å². The summed E-state index contributed by atoms with van der Waals surface area (Å²) < 4.78 is 4.89. The fourth-order valence-electron chi connectivity index (χ4n) is 0.662. The van der Waals surface area contributed by atoms with E-state index in [0.717, 1.165) is 0 Å². The highest BCUT2D eigenvalue weighted by Gasteiger charge is 1.98. The Labute approximate surface area is 78.5 Å². The number of nitrogens with two attached hydrogens (primary N) is 1. The van der Waals surface area contributed by atoms with E-state index in [9.17, 15) is 0 Å². The molecule has 4 nitrogen and oxygen atoms in total. The van der Waals surface area contributed by atoms with Gasteiger partial charge in [-0.05, 0) is 6.72 Å². The van der Waals surface area contributed by atoms with Crippen LogP contribution in [-0.4, -0.2) is 26.7 Å². The van der Waals surface area contributed by atoms with Crippen molar-refractivity contribution in [2.24, 2.45) is 15.7 Å². The van der Waals surface area contributed by atoms with Crippen molar-refractivity contribution in [3.8, 4) is 0 Å². The van der Waals surface area contributed by atoms with Gasteiger partial charge in [0.05, 0.1) is 18.6 Å². The van der Waals surface area contributed by atoms with E-state index in [-0.39, 0.29) is 0 Å². The first kappa shape index (κ1) is 11.4. The second-order valence-electron chi connectivity index (χ2n) is 2.36. The molecule has 0 aromatic rings. The summed E-state index contributed by atoms with van der Waals surface area (Å²) in [5.41, 5.74) is 6.17. The molecule has 0 amide bonds. The minimum Gasteiger partial charge on any atom is -0.501 e. The normalized spacial score (nSPS) is 12.5. The minimum absolute atomic E-state index is 0.409. The standard InChI is InChI=1S/C9H15N3O/c1-7(13-4)5-8(11-2)6-9(10)12-3/h6H,1-2,5H2,3-4H3,(H2,10,12)/b8-6-. The van der Waals surface area contributed by atoms with E-state index >= 15 is 0 Å². The Balaban J connectivity index is 4.43. The molecule has 0 bridgehead atoms. The average Bonchev–Trinajstić information content (AvgIpc) is 2.16. The van der Waals surface area contributed by atoms with Gasteiger partial charge in [0.1, 0.15) is 5.84 Å². The highest BCUT2D eigenvalue weighted by molar-refractivity contribution is 5.91. The average molecular weight is 181 g/mol. The number of methoxy groups -OCH3 is 1. The van der Waals surface area contributed by atoms with E-state index in [4.69, 9.17) is 10.5 Å². The summed E-state index contributed by atoms with van der Waals surface area (Å²) in [5, 5.41) is 0. The lowest BCUT2D eigenvalue weighted by Crippen LogP contribution is -2.08. The molecule has 0 fully saturated rings. The highest BCUT2D eigenvalue weighted by Crippen LogP contribution is 2.09. The summed E-state index contributed by atoms with van der Waals surface area (Å²) in [6.45, 7) is 7.07. The van der Waals surface area contributed by atoms with Gasteiger partial charge >= 0.3 is 0 Å². The Morgan fingerprint density at radius 3 is 2.62 bits per heavy atom. The molecular weight excluding hydrogens is 166 g/mol. The van der Waals surface area contributed by atoms with E-state index in [1.54, 1.807) is 20.2 Å². The minimum atomic E-state index is 0.409. The zero-order valence-electron chi connectivity index (χ0n) is 8.08. The Morgan fingerprint density at radius 2 is 2.23 bits per heavy atom. The summed E-state index contributed by atoms with van der Waals surface area (Å²) in [4.78, 5) is 7.54. The maximum Gasteiger partial charge on any atom is 0.119 e. The lowest BCUT2D eigenvalue weighted by molar-refractivity contribution is 0.285. The van der Waals surface area contributed by atoms with Gasteiger partial charge < -0.3 is 10.5 Å². The number of aliphatic imine (C=N–C) groups is 2. The molecule has 0 atom stereocenters. The second-order valence-corrected chi connectivity index (χ2v) is 2.36. The Kier molecular flexibility index (Phi) is 5.27. The topological polar surface area (TPSA) is 60.0 Å². The number of ether oxygens (including phenoxy) is 1. The maximum absolute atomic E-state index is 5.48. The van der Waals surface area contributed by atoms with E-state index in [0.29, 0.717) is 23.7 Å². The molecule has 0 aliphatic rings. The van der Waals surface area contributed by atoms with Crippen molar-refractivity contribution in [3.05, 3.63) is 24.1 Å². The molecule has 2 N–H and O–H groups in total. The molecule has 0 saturated carbocycles. The molecule has 0 unspecified atom stereocenters. The number of nitrogens with zero attached hydrogens (tertiary/aromatic N) is 2. The third-order valence-corrected chi connectivity index (χ3v) is 1.44. The number of hydrogen-bond donors (Lipinski definition) is 1.